The summed E-state index contributed by atoms with van der Waals surface area (Å²) in [6, 6.07) is 7.97. The highest BCUT2D eigenvalue weighted by molar-refractivity contribution is 5.54. The molecule has 0 aliphatic carbocycles. The van der Waals surface area contributed by atoms with Gasteiger partial charge in [-0.1, -0.05) is 24.3 Å². The zero-order chi connectivity index (χ0) is 11.5. The molecule has 0 spiro atoms. The molecule has 16 heavy (non-hydrogen) atoms. The van der Waals surface area contributed by atoms with Gasteiger partial charge in [0.15, 0.2) is 0 Å². The van der Waals surface area contributed by atoms with Crippen molar-refractivity contribution in [2.75, 3.05) is 0 Å². The van der Waals surface area contributed by atoms with Gasteiger partial charge in [0.1, 0.15) is 0 Å². The summed E-state index contributed by atoms with van der Waals surface area (Å²) in [4.78, 5) is 1.56. The van der Waals surface area contributed by atoms with E-state index in [-0.39, 0.29) is 6.04 Å². The fourth-order valence-electron chi connectivity index (χ4n) is 1.43. The second-order valence-electron chi connectivity index (χ2n) is 3.71. The maximum absolute atomic E-state index is 5.78. The van der Waals surface area contributed by atoms with Crippen LogP contribution in [0.3, 0.4) is 0 Å². The van der Waals surface area contributed by atoms with E-state index in [0.29, 0.717) is 5.82 Å². The SMILES string of the molecule is CCn1nnc(-c2ccc(C(C)N)cc2)n1. The van der Waals surface area contributed by atoms with Gasteiger partial charge in [-0.2, -0.15) is 4.80 Å². The average Bonchev–Trinajstić information content (AvgIpc) is 2.77. The molecule has 2 rings (SSSR count). The van der Waals surface area contributed by atoms with Crippen LogP contribution in [0.1, 0.15) is 25.5 Å². The molecule has 0 aliphatic heterocycles. The predicted octanol–water partition coefficient (Wildman–Crippen LogP) is 1.38. The van der Waals surface area contributed by atoms with Crippen LogP contribution in [0.4, 0.5) is 0 Å². The van der Waals surface area contributed by atoms with Crippen LogP contribution < -0.4 is 5.73 Å². The van der Waals surface area contributed by atoms with Crippen LogP contribution in [0.15, 0.2) is 24.3 Å². The standard InChI is InChI=1S/C11H15N5/c1-3-16-14-11(13-15-16)10-6-4-9(5-7-10)8(2)12/h4-8H,3,12H2,1-2H3. The van der Waals surface area contributed by atoms with E-state index in [9.17, 15) is 0 Å². The Balaban J connectivity index is 2.27. The number of benzene rings is 1. The maximum Gasteiger partial charge on any atom is 0.204 e. The van der Waals surface area contributed by atoms with Crippen LogP contribution in [0, 0.1) is 0 Å². The van der Waals surface area contributed by atoms with Gasteiger partial charge >= 0.3 is 0 Å². The summed E-state index contributed by atoms with van der Waals surface area (Å²) in [5, 5.41) is 12.1. The quantitative estimate of drug-likeness (QED) is 0.843. The molecule has 1 aromatic heterocycles. The Morgan fingerprint density at radius 2 is 2.00 bits per heavy atom. The van der Waals surface area contributed by atoms with Gasteiger partial charge in [0.05, 0.1) is 6.54 Å². The molecule has 1 aromatic carbocycles. The monoisotopic (exact) mass is 217 g/mol. The largest absolute Gasteiger partial charge is 0.324 e. The summed E-state index contributed by atoms with van der Waals surface area (Å²) >= 11 is 0. The maximum atomic E-state index is 5.78. The Labute approximate surface area is 94.3 Å². The van der Waals surface area contributed by atoms with Crippen LogP contribution in [0.2, 0.25) is 0 Å². The van der Waals surface area contributed by atoms with Gasteiger partial charge in [0.2, 0.25) is 5.82 Å². The molecule has 5 nitrogen and oxygen atoms in total. The number of tetrazole rings is 1. The lowest BCUT2D eigenvalue weighted by atomic mass is 10.1. The van der Waals surface area contributed by atoms with E-state index < -0.39 is 0 Å². The minimum atomic E-state index is 0.0494. The number of nitrogens with two attached hydrogens (primary N) is 1. The van der Waals surface area contributed by atoms with Gasteiger partial charge in [-0.15, -0.1) is 10.2 Å². The van der Waals surface area contributed by atoms with E-state index in [0.717, 1.165) is 17.7 Å². The zero-order valence-electron chi connectivity index (χ0n) is 9.46. The van der Waals surface area contributed by atoms with E-state index >= 15 is 0 Å². The normalized spacial score (nSPS) is 12.7. The number of hydrogen-bond acceptors (Lipinski definition) is 4. The first-order valence-electron chi connectivity index (χ1n) is 5.34. The third kappa shape index (κ3) is 2.09. The van der Waals surface area contributed by atoms with Crippen molar-refractivity contribution in [3.8, 4) is 11.4 Å². The molecule has 0 bridgehead atoms. The average molecular weight is 217 g/mol. The fourth-order valence-corrected chi connectivity index (χ4v) is 1.43. The molecule has 0 amide bonds. The van der Waals surface area contributed by atoms with E-state index in [4.69, 9.17) is 5.73 Å². The number of hydrogen-bond donors (Lipinski definition) is 1. The van der Waals surface area contributed by atoms with Gasteiger partial charge in [0, 0.05) is 11.6 Å². The first-order valence-corrected chi connectivity index (χ1v) is 5.34. The summed E-state index contributed by atoms with van der Waals surface area (Å²) in [6.45, 7) is 4.66. The molecule has 1 heterocycles. The molecular formula is C11H15N5. The van der Waals surface area contributed by atoms with Crippen molar-refractivity contribution in [3.63, 3.8) is 0 Å². The lowest BCUT2D eigenvalue weighted by Crippen LogP contribution is -2.04. The highest BCUT2D eigenvalue weighted by atomic mass is 15.6. The summed E-state index contributed by atoms with van der Waals surface area (Å²) in [5.41, 5.74) is 7.85. The summed E-state index contributed by atoms with van der Waals surface area (Å²) in [5.74, 6) is 0.651. The van der Waals surface area contributed by atoms with Crippen molar-refractivity contribution in [1.29, 1.82) is 0 Å². The van der Waals surface area contributed by atoms with E-state index in [1.165, 1.54) is 0 Å². The van der Waals surface area contributed by atoms with Crippen LogP contribution in [0.5, 0.6) is 0 Å². The van der Waals surface area contributed by atoms with Gasteiger partial charge in [0.25, 0.3) is 0 Å². The first kappa shape index (κ1) is 10.8. The molecular weight excluding hydrogens is 202 g/mol. The zero-order valence-corrected chi connectivity index (χ0v) is 9.46. The minimum absolute atomic E-state index is 0.0494. The lowest BCUT2D eigenvalue weighted by Gasteiger charge is -2.04. The number of nitrogens with zero attached hydrogens (tertiary/aromatic N) is 4. The van der Waals surface area contributed by atoms with E-state index in [1.807, 2.05) is 38.1 Å². The molecule has 0 saturated carbocycles. The highest BCUT2D eigenvalue weighted by Gasteiger charge is 2.05. The third-order valence-electron chi connectivity index (χ3n) is 2.43. The van der Waals surface area contributed by atoms with Crippen LogP contribution >= 0.6 is 0 Å². The van der Waals surface area contributed by atoms with Crippen LogP contribution in [0.25, 0.3) is 11.4 Å². The smallest absolute Gasteiger partial charge is 0.204 e. The van der Waals surface area contributed by atoms with E-state index in [1.54, 1.807) is 4.80 Å². The Morgan fingerprint density at radius 3 is 2.50 bits per heavy atom. The third-order valence-corrected chi connectivity index (χ3v) is 2.43. The molecule has 0 saturated heterocycles. The van der Waals surface area contributed by atoms with Crippen LogP contribution in [-0.2, 0) is 6.54 Å². The Hall–Kier alpha value is -1.75. The Morgan fingerprint density at radius 1 is 1.31 bits per heavy atom. The van der Waals surface area contributed by atoms with Crippen LogP contribution in [-0.4, -0.2) is 20.2 Å². The lowest BCUT2D eigenvalue weighted by molar-refractivity contribution is 0.553. The van der Waals surface area contributed by atoms with Crippen molar-refractivity contribution >= 4 is 0 Å². The Kier molecular flexibility index (Phi) is 2.96. The molecule has 1 atom stereocenters. The topological polar surface area (TPSA) is 69.6 Å². The van der Waals surface area contributed by atoms with Crippen molar-refractivity contribution in [3.05, 3.63) is 29.8 Å². The van der Waals surface area contributed by atoms with E-state index in [2.05, 4.69) is 15.4 Å². The number of aryl methyl sites for hydroxylation is 1. The highest BCUT2D eigenvalue weighted by Crippen LogP contribution is 2.17. The molecule has 0 aliphatic rings. The molecule has 84 valence electrons. The van der Waals surface area contributed by atoms with Crippen molar-refractivity contribution in [1.82, 2.24) is 20.2 Å². The summed E-state index contributed by atoms with van der Waals surface area (Å²) < 4.78 is 0. The van der Waals surface area contributed by atoms with Gasteiger partial charge < -0.3 is 5.73 Å². The molecule has 0 fully saturated rings. The van der Waals surface area contributed by atoms with Gasteiger partial charge in [-0.05, 0) is 24.6 Å². The van der Waals surface area contributed by atoms with Crippen molar-refractivity contribution < 1.29 is 0 Å². The number of aromatic nitrogens is 4. The summed E-state index contributed by atoms with van der Waals surface area (Å²) in [6.07, 6.45) is 0. The first-order chi connectivity index (χ1) is 7.70. The Bertz CT molecular complexity index is 457. The van der Waals surface area contributed by atoms with Crippen molar-refractivity contribution in [2.45, 2.75) is 26.4 Å². The molecule has 1 unspecified atom stereocenters. The molecule has 5 heteroatoms. The molecule has 2 N–H and O–H groups in total. The minimum Gasteiger partial charge on any atom is -0.324 e. The molecule has 0 radical (unpaired) electrons. The molecule has 2 aromatic rings. The number of rotatable bonds is 3. The van der Waals surface area contributed by atoms with Gasteiger partial charge in [-0.25, -0.2) is 0 Å². The summed E-state index contributed by atoms with van der Waals surface area (Å²) in [7, 11) is 0. The predicted molar refractivity (Wildman–Crippen MR) is 61.5 cm³/mol. The van der Waals surface area contributed by atoms with Gasteiger partial charge in [-0.3, -0.25) is 0 Å². The second kappa shape index (κ2) is 4.40. The second-order valence-corrected chi connectivity index (χ2v) is 3.71. The van der Waals surface area contributed by atoms with Crippen molar-refractivity contribution in [2.24, 2.45) is 5.73 Å². The fraction of sp³-hybridized carbons (Fsp3) is 0.364.